The van der Waals surface area contributed by atoms with Crippen molar-refractivity contribution in [1.82, 2.24) is 20.1 Å². The van der Waals surface area contributed by atoms with Gasteiger partial charge in [0, 0.05) is 45.0 Å². The Morgan fingerprint density at radius 1 is 0.950 bits per heavy atom. The quantitative estimate of drug-likeness (QED) is 0.482. The first kappa shape index (κ1) is 27.3. The molecule has 3 aromatic rings. The Morgan fingerprint density at radius 2 is 1.65 bits per heavy atom. The highest BCUT2D eigenvalue weighted by Crippen LogP contribution is 2.24. The minimum absolute atomic E-state index is 0.0563. The number of nitrogens with zero attached hydrogens (tertiary/aromatic N) is 4. The molecule has 2 heterocycles. The van der Waals surface area contributed by atoms with Crippen LogP contribution < -0.4 is 10.1 Å². The fraction of sp³-hybridized carbons (Fsp3) is 0.355. The number of halogens is 1. The van der Waals surface area contributed by atoms with Crippen molar-refractivity contribution in [2.24, 2.45) is 0 Å². The summed E-state index contributed by atoms with van der Waals surface area (Å²) in [6.45, 7) is 3.34. The van der Waals surface area contributed by atoms with E-state index >= 15 is 0 Å². The summed E-state index contributed by atoms with van der Waals surface area (Å²) in [4.78, 5) is 34.1. The molecule has 1 aliphatic heterocycles. The van der Waals surface area contributed by atoms with E-state index in [0.29, 0.717) is 29.9 Å². The Bertz CT molecular complexity index is 1340. The first-order chi connectivity index (χ1) is 19.5. The number of carbonyl (C=O) groups excluding carboxylic acids is 2. The van der Waals surface area contributed by atoms with Gasteiger partial charge >= 0.3 is 0 Å². The maximum absolute atomic E-state index is 13.1. The molecule has 2 amide bonds. The van der Waals surface area contributed by atoms with E-state index in [4.69, 9.17) is 10.00 Å². The molecule has 1 N–H and O–H groups in total. The van der Waals surface area contributed by atoms with Crippen molar-refractivity contribution in [3.63, 3.8) is 0 Å². The molecule has 2 aromatic carbocycles. The van der Waals surface area contributed by atoms with Crippen LogP contribution in [0.4, 0.5) is 4.39 Å². The lowest BCUT2D eigenvalue weighted by Gasteiger charge is -2.34. The maximum Gasteiger partial charge on any atom is 0.272 e. The molecule has 0 spiro atoms. The van der Waals surface area contributed by atoms with Crippen molar-refractivity contribution in [2.75, 3.05) is 26.2 Å². The maximum atomic E-state index is 13.1. The zero-order valence-corrected chi connectivity index (χ0v) is 22.3. The summed E-state index contributed by atoms with van der Waals surface area (Å²) >= 11 is 0. The number of hydrogen-bond acceptors (Lipinski definition) is 6. The monoisotopic (exact) mass is 541 g/mol. The number of nitriles is 1. The lowest BCUT2D eigenvalue weighted by molar-refractivity contribution is 0.0622. The first-order valence-electron chi connectivity index (χ1n) is 13.7. The Hall–Kier alpha value is -4.29. The van der Waals surface area contributed by atoms with Crippen LogP contribution in [0.15, 0.2) is 66.9 Å². The zero-order valence-electron chi connectivity index (χ0n) is 22.3. The van der Waals surface area contributed by atoms with Gasteiger partial charge in [-0.15, -0.1) is 0 Å². The standard InChI is InChI=1S/C31H32FN5O3/c32-25-6-1-23(2-7-25)21-36-15-17-37(18-16-36)31(39)29-14-5-24(20-34-29)30(38)35-26-8-12-28(13-9-26)40-27-10-3-22(19-33)4-11-27/h1-7,10-11,14,20,26,28H,8-9,12-13,15-18,21H2,(H,35,38). The van der Waals surface area contributed by atoms with E-state index in [9.17, 15) is 14.0 Å². The van der Waals surface area contributed by atoms with Crippen molar-refractivity contribution >= 4 is 11.8 Å². The molecule has 1 saturated heterocycles. The number of carbonyl (C=O) groups is 2. The molecular weight excluding hydrogens is 509 g/mol. The van der Waals surface area contributed by atoms with E-state index in [-0.39, 0.29) is 29.8 Å². The summed E-state index contributed by atoms with van der Waals surface area (Å²) in [5.74, 6) is 0.162. The van der Waals surface area contributed by atoms with Crippen LogP contribution in [0.3, 0.4) is 0 Å². The second kappa shape index (κ2) is 12.7. The third-order valence-corrected chi connectivity index (χ3v) is 7.52. The van der Waals surface area contributed by atoms with Gasteiger partial charge in [0.2, 0.25) is 0 Å². The van der Waals surface area contributed by atoms with E-state index in [1.165, 1.54) is 18.3 Å². The topological polar surface area (TPSA) is 98.6 Å². The summed E-state index contributed by atoms with van der Waals surface area (Å²) in [5.41, 5.74) is 2.39. The van der Waals surface area contributed by atoms with Crippen molar-refractivity contribution in [3.05, 3.63) is 95.1 Å². The number of nitrogens with one attached hydrogen (secondary N) is 1. The third-order valence-electron chi connectivity index (χ3n) is 7.52. The van der Waals surface area contributed by atoms with Crippen LogP contribution >= 0.6 is 0 Å². The molecule has 5 rings (SSSR count). The molecule has 0 unspecified atom stereocenters. The molecule has 9 heteroatoms. The summed E-state index contributed by atoms with van der Waals surface area (Å²) in [6.07, 6.45) is 4.82. The van der Waals surface area contributed by atoms with Gasteiger partial charge in [0.25, 0.3) is 11.8 Å². The summed E-state index contributed by atoms with van der Waals surface area (Å²) in [6, 6.07) is 19.0. The summed E-state index contributed by atoms with van der Waals surface area (Å²) < 4.78 is 19.2. The molecule has 1 saturated carbocycles. The van der Waals surface area contributed by atoms with Gasteiger partial charge in [0.1, 0.15) is 17.3 Å². The highest BCUT2D eigenvalue weighted by atomic mass is 19.1. The molecule has 1 aromatic heterocycles. The van der Waals surface area contributed by atoms with Crippen molar-refractivity contribution in [2.45, 2.75) is 44.4 Å². The molecule has 0 bridgehead atoms. The van der Waals surface area contributed by atoms with E-state index in [0.717, 1.165) is 56.6 Å². The predicted octanol–water partition coefficient (Wildman–Crippen LogP) is 4.17. The smallest absolute Gasteiger partial charge is 0.272 e. The van der Waals surface area contributed by atoms with Gasteiger partial charge in [0.05, 0.1) is 23.3 Å². The Balaban J connectivity index is 1.05. The van der Waals surface area contributed by atoms with Crippen LogP contribution in [-0.4, -0.2) is 64.9 Å². The van der Waals surface area contributed by atoms with Crippen LogP contribution in [-0.2, 0) is 6.54 Å². The Morgan fingerprint density at radius 3 is 2.27 bits per heavy atom. The lowest BCUT2D eigenvalue weighted by Crippen LogP contribution is -2.48. The Kier molecular flexibility index (Phi) is 8.67. The number of aromatic nitrogens is 1. The Labute approximate surface area is 233 Å². The van der Waals surface area contributed by atoms with Crippen LogP contribution in [0.25, 0.3) is 0 Å². The van der Waals surface area contributed by atoms with E-state index in [1.54, 1.807) is 41.3 Å². The van der Waals surface area contributed by atoms with Crippen molar-refractivity contribution < 1.29 is 18.7 Å². The average molecular weight is 542 g/mol. The van der Waals surface area contributed by atoms with Gasteiger partial charge in [-0.1, -0.05) is 12.1 Å². The summed E-state index contributed by atoms with van der Waals surface area (Å²) in [7, 11) is 0. The molecule has 2 aliphatic rings. The predicted molar refractivity (Wildman–Crippen MR) is 147 cm³/mol. The van der Waals surface area contributed by atoms with Crippen LogP contribution in [0.2, 0.25) is 0 Å². The largest absolute Gasteiger partial charge is 0.490 e. The number of pyridine rings is 1. The second-order valence-corrected chi connectivity index (χ2v) is 10.3. The molecule has 2 fully saturated rings. The van der Waals surface area contributed by atoms with Crippen molar-refractivity contribution in [3.8, 4) is 11.8 Å². The van der Waals surface area contributed by atoms with Gasteiger partial charge in [-0.25, -0.2) is 4.39 Å². The van der Waals surface area contributed by atoms with Crippen LogP contribution in [0, 0.1) is 17.1 Å². The number of amides is 2. The van der Waals surface area contributed by atoms with Gasteiger partial charge in [-0.2, -0.15) is 5.26 Å². The highest BCUT2D eigenvalue weighted by molar-refractivity contribution is 5.96. The van der Waals surface area contributed by atoms with E-state index < -0.39 is 0 Å². The average Bonchev–Trinajstić information content (AvgIpc) is 3.00. The zero-order chi connectivity index (χ0) is 27.9. The minimum Gasteiger partial charge on any atom is -0.490 e. The molecule has 40 heavy (non-hydrogen) atoms. The minimum atomic E-state index is -0.246. The summed E-state index contributed by atoms with van der Waals surface area (Å²) in [5, 5.41) is 12.0. The highest BCUT2D eigenvalue weighted by Gasteiger charge is 2.25. The number of rotatable bonds is 7. The van der Waals surface area contributed by atoms with Gasteiger partial charge in [-0.05, 0) is 79.8 Å². The normalized spacial score (nSPS) is 19.4. The molecule has 0 radical (unpaired) electrons. The lowest BCUT2D eigenvalue weighted by atomic mass is 9.92. The molecule has 1 aliphatic carbocycles. The van der Waals surface area contributed by atoms with E-state index in [1.807, 2.05) is 12.1 Å². The van der Waals surface area contributed by atoms with Gasteiger partial charge in [0.15, 0.2) is 0 Å². The fourth-order valence-corrected chi connectivity index (χ4v) is 5.17. The SMILES string of the molecule is N#Cc1ccc(OC2CCC(NC(=O)c3ccc(C(=O)N4CCN(Cc5ccc(F)cc5)CC4)nc3)CC2)cc1. The first-order valence-corrected chi connectivity index (χ1v) is 13.7. The van der Waals surface area contributed by atoms with Crippen LogP contribution in [0.1, 0.15) is 57.7 Å². The molecule has 8 nitrogen and oxygen atoms in total. The second-order valence-electron chi connectivity index (χ2n) is 10.3. The van der Waals surface area contributed by atoms with E-state index in [2.05, 4.69) is 21.3 Å². The molecule has 206 valence electrons. The number of ether oxygens (including phenoxy) is 1. The number of benzene rings is 2. The molecular formula is C31H32FN5O3. The molecule has 0 atom stereocenters. The number of hydrogen-bond donors (Lipinski definition) is 1. The van der Waals surface area contributed by atoms with Crippen molar-refractivity contribution in [1.29, 1.82) is 5.26 Å². The van der Waals surface area contributed by atoms with Gasteiger partial charge < -0.3 is 15.0 Å². The van der Waals surface area contributed by atoms with Gasteiger partial charge in [-0.3, -0.25) is 19.5 Å². The number of piperazine rings is 1. The van der Waals surface area contributed by atoms with Crippen LogP contribution in [0.5, 0.6) is 5.75 Å². The fourth-order valence-electron chi connectivity index (χ4n) is 5.17. The third kappa shape index (κ3) is 7.01.